The van der Waals surface area contributed by atoms with Gasteiger partial charge in [0.05, 0.1) is 44.0 Å². The van der Waals surface area contributed by atoms with Gasteiger partial charge >= 0.3 is 5.97 Å². The number of aliphatic carboxylic acids is 1. The number of fused-ring (bicyclic) bond motifs is 1. The fourth-order valence-electron chi connectivity index (χ4n) is 4.31. The lowest BCUT2D eigenvalue weighted by atomic mass is 10.0. The highest BCUT2D eigenvalue weighted by molar-refractivity contribution is 6.25. The van der Waals surface area contributed by atoms with E-state index in [0.717, 1.165) is 4.90 Å². The highest BCUT2D eigenvalue weighted by atomic mass is 16.5. The maximum Gasteiger partial charge on any atom is 0.303 e. The number of amides is 5. The second-order valence-electron chi connectivity index (χ2n) is 9.39. The Morgan fingerprint density at radius 3 is 2.22 bits per heavy atom. The van der Waals surface area contributed by atoms with E-state index < -0.39 is 35.6 Å². The van der Waals surface area contributed by atoms with Gasteiger partial charge in [-0.1, -0.05) is 6.07 Å². The average Bonchev–Trinajstić information content (AvgIpc) is 3.19. The number of ether oxygens (including phenoxy) is 3. The number of imide groups is 2. The Kier molecular flexibility index (Phi) is 12.7. The van der Waals surface area contributed by atoms with Crippen LogP contribution in [0.25, 0.3) is 0 Å². The Morgan fingerprint density at radius 2 is 1.56 bits per heavy atom. The molecule has 224 valence electrons. The molecule has 1 fully saturated rings. The number of carboxylic acids is 1. The van der Waals surface area contributed by atoms with Crippen molar-refractivity contribution >= 4 is 41.2 Å². The van der Waals surface area contributed by atoms with Crippen LogP contribution in [-0.4, -0.2) is 104 Å². The van der Waals surface area contributed by atoms with Crippen LogP contribution in [0.3, 0.4) is 0 Å². The van der Waals surface area contributed by atoms with Gasteiger partial charge in [0.15, 0.2) is 0 Å². The number of benzene rings is 1. The molecule has 2 aliphatic heterocycles. The quantitative estimate of drug-likeness (QED) is 0.131. The molecule has 0 spiro atoms. The number of carbonyl (C=O) groups is 6. The highest BCUT2D eigenvalue weighted by Gasteiger charge is 2.45. The molecule has 1 saturated heterocycles. The number of piperidine rings is 1. The van der Waals surface area contributed by atoms with E-state index in [9.17, 15) is 28.8 Å². The van der Waals surface area contributed by atoms with E-state index in [1.54, 1.807) is 18.2 Å². The monoisotopic (exact) mass is 576 g/mol. The largest absolute Gasteiger partial charge is 0.481 e. The Bertz CT molecular complexity index is 1130. The minimum atomic E-state index is -1.01. The van der Waals surface area contributed by atoms with Crippen molar-refractivity contribution in [3.05, 3.63) is 29.3 Å². The number of hydrogen-bond donors (Lipinski definition) is 4. The van der Waals surface area contributed by atoms with Crippen molar-refractivity contribution in [2.45, 2.75) is 44.6 Å². The zero-order valence-electron chi connectivity index (χ0n) is 22.8. The number of nitrogens with one attached hydrogen (secondary N) is 3. The van der Waals surface area contributed by atoms with Gasteiger partial charge in [-0.3, -0.25) is 39.0 Å². The van der Waals surface area contributed by atoms with Gasteiger partial charge in [-0.25, -0.2) is 0 Å². The van der Waals surface area contributed by atoms with Crippen LogP contribution in [0.15, 0.2) is 18.2 Å². The predicted octanol–water partition coefficient (Wildman–Crippen LogP) is 0.311. The van der Waals surface area contributed by atoms with Crippen LogP contribution < -0.4 is 16.0 Å². The van der Waals surface area contributed by atoms with Crippen molar-refractivity contribution in [2.75, 3.05) is 58.0 Å². The van der Waals surface area contributed by atoms with Crippen molar-refractivity contribution < 1.29 is 48.1 Å². The van der Waals surface area contributed by atoms with Crippen LogP contribution in [0.1, 0.15) is 59.2 Å². The molecule has 1 atom stereocenters. The molecule has 0 aliphatic carbocycles. The van der Waals surface area contributed by atoms with E-state index in [1.165, 1.54) is 0 Å². The van der Waals surface area contributed by atoms with E-state index in [4.69, 9.17) is 19.3 Å². The van der Waals surface area contributed by atoms with E-state index >= 15 is 0 Å². The Hall–Kier alpha value is -3.88. The second kappa shape index (κ2) is 16.4. The molecule has 2 heterocycles. The van der Waals surface area contributed by atoms with Crippen LogP contribution in [0, 0.1) is 0 Å². The summed E-state index contributed by atoms with van der Waals surface area (Å²) in [5, 5.41) is 16.5. The van der Waals surface area contributed by atoms with Crippen molar-refractivity contribution in [3.63, 3.8) is 0 Å². The van der Waals surface area contributed by atoms with E-state index in [-0.39, 0.29) is 42.7 Å². The molecule has 0 radical (unpaired) electrons. The van der Waals surface area contributed by atoms with E-state index in [0.29, 0.717) is 71.3 Å². The first-order chi connectivity index (χ1) is 19.8. The van der Waals surface area contributed by atoms with Crippen LogP contribution >= 0.6 is 0 Å². The van der Waals surface area contributed by atoms with Crippen molar-refractivity contribution in [2.24, 2.45) is 0 Å². The Labute approximate surface area is 237 Å². The lowest BCUT2D eigenvalue weighted by molar-refractivity contribution is -0.139. The number of carbonyl (C=O) groups excluding carboxylic acids is 5. The van der Waals surface area contributed by atoms with Gasteiger partial charge in [0.2, 0.25) is 17.7 Å². The van der Waals surface area contributed by atoms with Crippen molar-refractivity contribution in [3.8, 4) is 0 Å². The third kappa shape index (κ3) is 9.62. The number of hydrogen-bond acceptors (Lipinski definition) is 10. The SMILES string of the molecule is O=C(O)CCC(=O)NCCCOCCOCCOCCCNc1cccc2c1C(=O)N(C1CCC(=O)NC1=O)C2=O. The topological polar surface area (TPSA) is 190 Å². The maximum absolute atomic E-state index is 13.1. The first-order valence-electron chi connectivity index (χ1n) is 13.6. The van der Waals surface area contributed by atoms with Crippen LogP contribution in [-0.2, 0) is 33.4 Å². The lowest BCUT2D eigenvalue weighted by Gasteiger charge is -2.27. The average molecular weight is 577 g/mol. The molecular weight excluding hydrogens is 540 g/mol. The van der Waals surface area contributed by atoms with E-state index in [2.05, 4.69) is 16.0 Å². The van der Waals surface area contributed by atoms with Gasteiger partial charge in [-0.15, -0.1) is 0 Å². The Balaban J connectivity index is 1.22. The van der Waals surface area contributed by atoms with Crippen molar-refractivity contribution in [1.82, 2.24) is 15.5 Å². The molecule has 14 heteroatoms. The first-order valence-corrected chi connectivity index (χ1v) is 13.6. The minimum absolute atomic E-state index is 0.0341. The summed E-state index contributed by atoms with van der Waals surface area (Å²) >= 11 is 0. The molecule has 0 aromatic heterocycles. The van der Waals surface area contributed by atoms with Crippen LogP contribution in [0.4, 0.5) is 5.69 Å². The summed E-state index contributed by atoms with van der Waals surface area (Å²) < 4.78 is 16.4. The summed E-state index contributed by atoms with van der Waals surface area (Å²) in [6.45, 7) is 3.42. The molecule has 14 nitrogen and oxygen atoms in total. The Morgan fingerprint density at radius 1 is 0.902 bits per heavy atom. The zero-order chi connectivity index (χ0) is 29.6. The summed E-state index contributed by atoms with van der Waals surface area (Å²) in [5.41, 5.74) is 0.945. The molecule has 41 heavy (non-hydrogen) atoms. The number of rotatable bonds is 19. The van der Waals surface area contributed by atoms with Gasteiger partial charge in [-0.05, 0) is 31.4 Å². The van der Waals surface area contributed by atoms with Gasteiger partial charge < -0.3 is 30.0 Å². The van der Waals surface area contributed by atoms with Gasteiger partial charge in [-0.2, -0.15) is 0 Å². The first kappa shape index (κ1) is 31.6. The molecule has 0 saturated carbocycles. The number of nitrogens with zero attached hydrogens (tertiary/aromatic N) is 1. The highest BCUT2D eigenvalue weighted by Crippen LogP contribution is 2.32. The molecule has 2 aliphatic rings. The van der Waals surface area contributed by atoms with E-state index in [1.807, 2.05) is 0 Å². The fraction of sp³-hybridized carbons (Fsp3) is 0.556. The third-order valence-electron chi connectivity index (χ3n) is 6.35. The fourth-order valence-corrected chi connectivity index (χ4v) is 4.31. The smallest absolute Gasteiger partial charge is 0.303 e. The standard InChI is InChI=1S/C27H36N4O10/c32-21(8-9-23(34)35)29-11-3-13-40-15-17-41-16-14-39-12-2-10-28-19-5-1-4-18-24(19)27(38)31(26(18)37)20-6-7-22(33)30-25(20)36/h1,4-5,20,28H,2-3,6-17H2,(H,29,32)(H,34,35)(H,30,33,36). The van der Waals surface area contributed by atoms with Crippen molar-refractivity contribution in [1.29, 1.82) is 0 Å². The minimum Gasteiger partial charge on any atom is -0.481 e. The van der Waals surface area contributed by atoms with Crippen LogP contribution in [0.2, 0.25) is 0 Å². The lowest BCUT2D eigenvalue weighted by Crippen LogP contribution is -2.54. The summed E-state index contributed by atoms with van der Waals surface area (Å²) in [7, 11) is 0. The van der Waals surface area contributed by atoms with Gasteiger partial charge in [0.1, 0.15) is 6.04 Å². The summed E-state index contributed by atoms with van der Waals surface area (Å²) in [6, 6.07) is 3.91. The number of anilines is 1. The van der Waals surface area contributed by atoms with Gasteiger partial charge in [0.25, 0.3) is 11.8 Å². The molecule has 0 bridgehead atoms. The molecule has 1 aromatic rings. The molecule has 5 amide bonds. The summed E-state index contributed by atoms with van der Waals surface area (Å²) in [6.07, 6.45) is 1.20. The molecular formula is C27H36N4O10. The summed E-state index contributed by atoms with van der Waals surface area (Å²) in [4.78, 5) is 72.4. The zero-order valence-corrected chi connectivity index (χ0v) is 22.8. The second-order valence-corrected chi connectivity index (χ2v) is 9.39. The summed E-state index contributed by atoms with van der Waals surface area (Å²) in [5.74, 6) is -3.46. The molecule has 3 rings (SSSR count). The normalized spacial score (nSPS) is 16.5. The van der Waals surface area contributed by atoms with Crippen LogP contribution in [0.5, 0.6) is 0 Å². The molecule has 1 aromatic carbocycles. The predicted molar refractivity (Wildman–Crippen MR) is 143 cm³/mol. The third-order valence-corrected chi connectivity index (χ3v) is 6.35. The maximum atomic E-state index is 13.1. The molecule has 4 N–H and O–H groups in total. The number of carboxylic acid groups (broad SMARTS) is 1. The molecule has 1 unspecified atom stereocenters. The van der Waals surface area contributed by atoms with Gasteiger partial charge in [0, 0.05) is 44.8 Å².